The van der Waals surface area contributed by atoms with Crippen LogP contribution in [-0.2, 0) is 25.8 Å². The van der Waals surface area contributed by atoms with E-state index in [0.717, 1.165) is 39.6 Å². The molecule has 0 N–H and O–H groups in total. The Balaban J connectivity index is 1.83. The minimum absolute atomic E-state index is 0.0380. The topological polar surface area (TPSA) is 69.7 Å². The first-order valence-electron chi connectivity index (χ1n) is 10.9. The summed E-state index contributed by atoms with van der Waals surface area (Å²) in [6.07, 6.45) is -5.01. The van der Waals surface area contributed by atoms with Crippen molar-refractivity contribution >= 4 is 38.2 Å². The molecule has 0 radical (unpaired) electrons. The average Bonchev–Trinajstić information content (AvgIpc) is 2.84. The third-order valence-electron chi connectivity index (χ3n) is 5.85. The molecule has 5 nitrogen and oxygen atoms in total. The zero-order valence-electron chi connectivity index (χ0n) is 19.6. The van der Waals surface area contributed by atoms with Crippen LogP contribution in [0.5, 0.6) is 5.75 Å². The second-order valence-electron chi connectivity index (χ2n) is 8.18. The molecular weight excluding hydrogens is 529 g/mol. The van der Waals surface area contributed by atoms with Gasteiger partial charge in [0.05, 0.1) is 18.4 Å². The van der Waals surface area contributed by atoms with Crippen LogP contribution in [0.15, 0.2) is 82.6 Å². The largest absolute Gasteiger partial charge is 0.573 e. The summed E-state index contributed by atoms with van der Waals surface area (Å²) < 4.78 is 73.6. The number of para-hydroxylation sites is 1. The minimum atomic E-state index is -5.05. The van der Waals surface area contributed by atoms with Crippen molar-refractivity contribution in [1.82, 2.24) is 0 Å². The van der Waals surface area contributed by atoms with Gasteiger partial charge in [-0.1, -0.05) is 48.0 Å². The minimum Gasteiger partial charge on any atom is -0.469 e. The van der Waals surface area contributed by atoms with E-state index < -0.39 is 32.8 Å². The quantitative estimate of drug-likeness (QED) is 0.245. The number of sulfone groups is 1. The number of hydrogen-bond donors (Lipinski definition) is 0. The predicted molar refractivity (Wildman–Crippen MR) is 133 cm³/mol. The van der Waals surface area contributed by atoms with Crippen molar-refractivity contribution in [3.63, 3.8) is 0 Å². The van der Waals surface area contributed by atoms with Crippen molar-refractivity contribution in [3.05, 3.63) is 88.9 Å². The molecule has 4 aromatic rings. The molecule has 0 heterocycles. The molecule has 192 valence electrons. The number of fused-ring (bicyclic) bond motifs is 1. The molecule has 0 aromatic heterocycles. The van der Waals surface area contributed by atoms with E-state index >= 15 is 0 Å². The zero-order chi connectivity index (χ0) is 27.0. The van der Waals surface area contributed by atoms with E-state index in [1.54, 1.807) is 24.3 Å². The van der Waals surface area contributed by atoms with Gasteiger partial charge in [-0.15, -0.1) is 13.2 Å². The van der Waals surface area contributed by atoms with Crippen molar-refractivity contribution < 1.29 is 35.9 Å². The number of methoxy groups -OCH3 is 1. The summed E-state index contributed by atoms with van der Waals surface area (Å²) in [4.78, 5) is 11.2. The maximum absolute atomic E-state index is 13.2. The number of carbonyl (C=O) groups is 1. The highest BCUT2D eigenvalue weighted by Gasteiger charge is 2.34. The molecule has 0 amide bonds. The number of hydrogen-bond acceptors (Lipinski definition) is 5. The Morgan fingerprint density at radius 3 is 2.30 bits per heavy atom. The Kier molecular flexibility index (Phi) is 7.21. The fourth-order valence-electron chi connectivity index (χ4n) is 4.12. The van der Waals surface area contributed by atoms with Gasteiger partial charge in [-0.2, -0.15) is 0 Å². The first kappa shape index (κ1) is 26.5. The van der Waals surface area contributed by atoms with Crippen LogP contribution in [0, 0.1) is 6.92 Å². The van der Waals surface area contributed by atoms with Crippen molar-refractivity contribution in [2.45, 2.75) is 29.5 Å². The molecule has 0 aliphatic rings. The zero-order valence-corrected chi connectivity index (χ0v) is 21.2. The second kappa shape index (κ2) is 10.1. The number of carbonyl (C=O) groups excluding carboxylic acids is 1. The molecule has 4 rings (SSSR count). The maximum atomic E-state index is 13.2. The molecule has 0 saturated carbocycles. The first-order chi connectivity index (χ1) is 17.4. The number of esters is 1. The molecule has 0 aliphatic carbocycles. The molecule has 0 saturated heterocycles. The molecule has 0 spiro atoms. The van der Waals surface area contributed by atoms with Crippen molar-refractivity contribution in [1.29, 1.82) is 0 Å². The summed E-state index contributed by atoms with van der Waals surface area (Å²) in [6, 6.07) is 17.5. The average molecular weight is 549 g/mol. The van der Waals surface area contributed by atoms with E-state index in [-0.39, 0.29) is 11.3 Å². The Bertz CT molecular complexity index is 1600. The molecule has 0 fully saturated rings. The molecule has 37 heavy (non-hydrogen) atoms. The van der Waals surface area contributed by atoms with Gasteiger partial charge in [0, 0.05) is 5.02 Å². The van der Waals surface area contributed by atoms with Crippen LogP contribution in [0.2, 0.25) is 5.02 Å². The van der Waals surface area contributed by atoms with Crippen LogP contribution in [0.1, 0.15) is 11.1 Å². The van der Waals surface area contributed by atoms with E-state index in [4.69, 9.17) is 16.3 Å². The van der Waals surface area contributed by atoms with Crippen molar-refractivity contribution in [2.75, 3.05) is 7.11 Å². The summed E-state index contributed by atoms with van der Waals surface area (Å²) in [6.45, 7) is 1.84. The third-order valence-corrected chi connectivity index (χ3v) is 7.90. The van der Waals surface area contributed by atoms with Gasteiger partial charge in [0.25, 0.3) is 0 Å². The lowest BCUT2D eigenvalue weighted by atomic mass is 9.89. The lowest BCUT2D eigenvalue weighted by Crippen LogP contribution is -2.19. The van der Waals surface area contributed by atoms with Crippen molar-refractivity contribution in [2.24, 2.45) is 0 Å². The first-order valence-corrected chi connectivity index (χ1v) is 12.8. The van der Waals surface area contributed by atoms with Gasteiger partial charge < -0.3 is 9.47 Å². The highest BCUT2D eigenvalue weighted by atomic mass is 35.5. The molecule has 0 unspecified atom stereocenters. The Hall–Kier alpha value is -3.56. The summed E-state index contributed by atoms with van der Waals surface area (Å²) in [5.74, 6) is -1.23. The van der Waals surface area contributed by atoms with Crippen LogP contribution in [0.25, 0.3) is 21.9 Å². The lowest BCUT2D eigenvalue weighted by molar-refractivity contribution is -0.275. The number of benzene rings is 4. The number of halogens is 4. The predicted octanol–water partition coefficient (Wildman–Crippen LogP) is 6.92. The maximum Gasteiger partial charge on any atom is 0.573 e. The summed E-state index contributed by atoms with van der Waals surface area (Å²) >= 11 is 6.25. The number of alkyl halides is 3. The molecular formula is C27H20ClF3O5S. The standard InChI is InChI=1S/C27H20ClF3O5S/c1-16-19(14-25(32)35-2)13-18-7-10-20(28)15-22(18)26(16)17-8-11-21(12-9-17)37(33,34)24-6-4-3-5-23(24)36-27(29,30)31/h3-13,15H,14H2,1-2H3. The smallest absolute Gasteiger partial charge is 0.469 e. The highest BCUT2D eigenvalue weighted by molar-refractivity contribution is 7.91. The van der Waals surface area contributed by atoms with Gasteiger partial charge in [0.2, 0.25) is 9.84 Å². The lowest BCUT2D eigenvalue weighted by Gasteiger charge is -2.17. The summed E-state index contributed by atoms with van der Waals surface area (Å²) in [7, 11) is -3.03. The van der Waals surface area contributed by atoms with Crippen LogP contribution < -0.4 is 4.74 Å². The van der Waals surface area contributed by atoms with E-state index in [2.05, 4.69) is 4.74 Å². The summed E-state index contributed by atoms with van der Waals surface area (Å²) in [5, 5.41) is 2.10. The fourth-order valence-corrected chi connectivity index (χ4v) is 5.67. The fraction of sp³-hybridized carbons (Fsp3) is 0.148. The number of ether oxygens (including phenoxy) is 2. The second-order valence-corrected chi connectivity index (χ2v) is 10.5. The highest BCUT2D eigenvalue weighted by Crippen LogP contribution is 2.38. The molecule has 0 bridgehead atoms. The van der Waals surface area contributed by atoms with Gasteiger partial charge >= 0.3 is 12.3 Å². The van der Waals surface area contributed by atoms with Crippen LogP contribution in [-0.4, -0.2) is 27.9 Å². The monoisotopic (exact) mass is 548 g/mol. The van der Waals surface area contributed by atoms with Gasteiger partial charge in [-0.25, -0.2) is 8.42 Å². The van der Waals surface area contributed by atoms with Gasteiger partial charge in [0.15, 0.2) is 0 Å². The van der Waals surface area contributed by atoms with Gasteiger partial charge in [-0.3, -0.25) is 4.79 Å². The van der Waals surface area contributed by atoms with E-state index in [0.29, 0.717) is 10.6 Å². The van der Waals surface area contributed by atoms with E-state index in [1.165, 1.54) is 31.4 Å². The molecule has 0 aliphatic heterocycles. The Morgan fingerprint density at radius 1 is 0.973 bits per heavy atom. The van der Waals surface area contributed by atoms with E-state index in [1.807, 2.05) is 19.1 Å². The van der Waals surface area contributed by atoms with Crippen LogP contribution >= 0.6 is 11.6 Å². The van der Waals surface area contributed by atoms with Gasteiger partial charge in [0.1, 0.15) is 10.6 Å². The Labute approximate surface area is 216 Å². The SMILES string of the molecule is COC(=O)Cc1cc2ccc(Cl)cc2c(-c2ccc(S(=O)(=O)c3ccccc3OC(F)(F)F)cc2)c1C. The third kappa shape index (κ3) is 5.57. The molecule has 4 aromatic carbocycles. The molecule has 0 atom stereocenters. The summed E-state index contributed by atoms with van der Waals surface area (Å²) in [5.41, 5.74) is 2.88. The van der Waals surface area contributed by atoms with Gasteiger partial charge in [-0.05, 0) is 76.3 Å². The normalized spacial score (nSPS) is 11.9. The molecule has 10 heteroatoms. The van der Waals surface area contributed by atoms with Crippen LogP contribution in [0.4, 0.5) is 13.2 Å². The Morgan fingerprint density at radius 2 is 1.65 bits per heavy atom. The number of rotatable bonds is 6. The van der Waals surface area contributed by atoms with Crippen LogP contribution in [0.3, 0.4) is 0 Å². The van der Waals surface area contributed by atoms with Crippen molar-refractivity contribution in [3.8, 4) is 16.9 Å². The van der Waals surface area contributed by atoms with E-state index in [9.17, 15) is 26.4 Å².